The van der Waals surface area contributed by atoms with Crippen LogP contribution in [0.25, 0.3) is 10.2 Å². The van der Waals surface area contributed by atoms with Crippen molar-refractivity contribution in [3.05, 3.63) is 48.0 Å². The molecule has 0 aliphatic rings. The molecule has 0 saturated carbocycles. The molecule has 3 rings (SSSR count). The molecule has 0 aliphatic heterocycles. The fraction of sp³-hybridized carbons (Fsp3) is 0.0769. The number of fused-ring (bicyclic) bond motifs is 1. The summed E-state index contributed by atoms with van der Waals surface area (Å²) in [5, 5.41) is 3.80. The summed E-state index contributed by atoms with van der Waals surface area (Å²) in [7, 11) is 0. The fourth-order valence-electron chi connectivity index (χ4n) is 1.69. The maximum Gasteiger partial charge on any atom is 0.188 e. The predicted molar refractivity (Wildman–Crippen MR) is 71.8 cm³/mol. The largest absolute Gasteiger partial charge is 0.330 e. The van der Waals surface area contributed by atoms with Crippen LogP contribution in [0, 0.1) is 12.7 Å². The number of halogens is 1. The van der Waals surface area contributed by atoms with E-state index in [-0.39, 0.29) is 5.82 Å². The summed E-state index contributed by atoms with van der Waals surface area (Å²) in [5.74, 6) is -0.364. The molecule has 2 heterocycles. The molecule has 0 atom stereocenters. The molecule has 0 radical (unpaired) electrons. The van der Waals surface area contributed by atoms with Gasteiger partial charge in [-0.25, -0.2) is 9.37 Å². The molecule has 1 aromatic carbocycles. The van der Waals surface area contributed by atoms with E-state index in [4.69, 9.17) is 0 Å². The van der Waals surface area contributed by atoms with E-state index >= 15 is 0 Å². The SMILES string of the molecule is Cc1ccc2nc(Nc3cncc(F)c3)sc2c1. The highest BCUT2D eigenvalue weighted by Crippen LogP contribution is 2.28. The van der Waals surface area contributed by atoms with E-state index in [1.54, 1.807) is 6.20 Å². The van der Waals surface area contributed by atoms with Crippen molar-refractivity contribution in [2.75, 3.05) is 5.32 Å². The Morgan fingerprint density at radius 3 is 2.94 bits per heavy atom. The second kappa shape index (κ2) is 4.34. The minimum atomic E-state index is -0.364. The van der Waals surface area contributed by atoms with Crippen molar-refractivity contribution in [3.8, 4) is 0 Å². The Bertz CT molecular complexity index is 708. The number of nitrogens with zero attached hydrogens (tertiary/aromatic N) is 2. The summed E-state index contributed by atoms with van der Waals surface area (Å²) in [5.41, 5.74) is 2.74. The first-order valence-electron chi connectivity index (χ1n) is 5.45. The van der Waals surface area contributed by atoms with E-state index in [2.05, 4.69) is 21.4 Å². The van der Waals surface area contributed by atoms with Gasteiger partial charge < -0.3 is 5.32 Å². The molecule has 0 aliphatic carbocycles. The fourth-order valence-corrected chi connectivity index (χ4v) is 2.67. The molecule has 0 spiro atoms. The molecule has 0 unspecified atom stereocenters. The van der Waals surface area contributed by atoms with Crippen molar-refractivity contribution >= 4 is 32.4 Å². The molecule has 0 bridgehead atoms. The second-order valence-electron chi connectivity index (χ2n) is 4.01. The standard InChI is InChI=1S/C13H10FN3S/c1-8-2-3-11-12(4-8)18-13(17-11)16-10-5-9(14)6-15-7-10/h2-7H,1H3,(H,16,17). The molecule has 5 heteroatoms. The van der Waals surface area contributed by atoms with Crippen molar-refractivity contribution in [2.45, 2.75) is 6.92 Å². The van der Waals surface area contributed by atoms with E-state index in [0.29, 0.717) is 5.69 Å². The van der Waals surface area contributed by atoms with Crippen LogP contribution >= 0.6 is 11.3 Å². The van der Waals surface area contributed by atoms with Crippen LogP contribution in [0.3, 0.4) is 0 Å². The number of pyridine rings is 1. The van der Waals surface area contributed by atoms with Crippen molar-refractivity contribution in [1.82, 2.24) is 9.97 Å². The van der Waals surface area contributed by atoms with Gasteiger partial charge >= 0.3 is 0 Å². The zero-order chi connectivity index (χ0) is 12.5. The molecule has 3 nitrogen and oxygen atoms in total. The number of thiazole rings is 1. The molecular formula is C13H10FN3S. The van der Waals surface area contributed by atoms with Crippen molar-refractivity contribution in [3.63, 3.8) is 0 Å². The van der Waals surface area contributed by atoms with E-state index in [9.17, 15) is 4.39 Å². The summed E-state index contributed by atoms with van der Waals surface area (Å²) >= 11 is 1.54. The third-order valence-electron chi connectivity index (χ3n) is 2.50. The van der Waals surface area contributed by atoms with Crippen LogP contribution in [0.1, 0.15) is 5.56 Å². The van der Waals surface area contributed by atoms with Crippen LogP contribution in [0.4, 0.5) is 15.2 Å². The highest BCUT2D eigenvalue weighted by molar-refractivity contribution is 7.22. The summed E-state index contributed by atoms with van der Waals surface area (Å²) in [6, 6.07) is 7.48. The Balaban J connectivity index is 1.95. The van der Waals surface area contributed by atoms with Gasteiger partial charge in [0.25, 0.3) is 0 Å². The lowest BCUT2D eigenvalue weighted by Gasteiger charge is -2.00. The summed E-state index contributed by atoms with van der Waals surface area (Å²) in [4.78, 5) is 8.22. The molecule has 3 aromatic rings. The Hall–Kier alpha value is -2.01. The summed E-state index contributed by atoms with van der Waals surface area (Å²) in [6.07, 6.45) is 2.74. The molecule has 18 heavy (non-hydrogen) atoms. The highest BCUT2D eigenvalue weighted by Gasteiger charge is 2.04. The van der Waals surface area contributed by atoms with Gasteiger partial charge in [0.05, 0.1) is 28.3 Å². The van der Waals surface area contributed by atoms with Crippen molar-refractivity contribution in [2.24, 2.45) is 0 Å². The van der Waals surface area contributed by atoms with Gasteiger partial charge in [-0.05, 0) is 24.6 Å². The summed E-state index contributed by atoms with van der Waals surface area (Å²) in [6.45, 7) is 2.04. The van der Waals surface area contributed by atoms with Crippen molar-refractivity contribution < 1.29 is 4.39 Å². The number of hydrogen-bond donors (Lipinski definition) is 1. The van der Waals surface area contributed by atoms with E-state index in [0.717, 1.165) is 15.3 Å². The predicted octanol–water partition coefficient (Wildman–Crippen LogP) is 3.88. The van der Waals surface area contributed by atoms with Gasteiger partial charge in [0.15, 0.2) is 5.13 Å². The second-order valence-corrected chi connectivity index (χ2v) is 5.04. The lowest BCUT2D eigenvalue weighted by atomic mass is 10.2. The first kappa shape index (κ1) is 11.1. The minimum Gasteiger partial charge on any atom is -0.330 e. The van der Waals surface area contributed by atoms with Gasteiger partial charge in [-0.15, -0.1) is 0 Å². The van der Waals surface area contributed by atoms with Crippen LogP contribution in [-0.2, 0) is 0 Å². The Labute approximate surface area is 107 Å². The van der Waals surface area contributed by atoms with Crippen LogP contribution in [0.2, 0.25) is 0 Å². The molecule has 90 valence electrons. The molecular weight excluding hydrogens is 249 g/mol. The van der Waals surface area contributed by atoms with Gasteiger partial charge in [-0.1, -0.05) is 17.4 Å². The van der Waals surface area contributed by atoms with Crippen LogP contribution < -0.4 is 5.32 Å². The first-order chi connectivity index (χ1) is 8.70. The third kappa shape index (κ3) is 2.17. The zero-order valence-electron chi connectivity index (χ0n) is 9.64. The zero-order valence-corrected chi connectivity index (χ0v) is 10.5. The van der Waals surface area contributed by atoms with Gasteiger partial charge in [0.1, 0.15) is 5.82 Å². The maximum atomic E-state index is 13.0. The van der Waals surface area contributed by atoms with Crippen LogP contribution in [0.15, 0.2) is 36.7 Å². The van der Waals surface area contributed by atoms with Gasteiger partial charge in [0.2, 0.25) is 0 Å². The maximum absolute atomic E-state index is 13.0. The molecule has 0 saturated heterocycles. The number of benzene rings is 1. The quantitative estimate of drug-likeness (QED) is 0.758. The van der Waals surface area contributed by atoms with Gasteiger partial charge in [-0.3, -0.25) is 4.98 Å². The molecule has 0 amide bonds. The number of hydrogen-bond acceptors (Lipinski definition) is 4. The molecule has 0 fully saturated rings. The average molecular weight is 259 g/mol. The number of aromatic nitrogens is 2. The van der Waals surface area contributed by atoms with E-state index < -0.39 is 0 Å². The van der Waals surface area contributed by atoms with Gasteiger partial charge in [0, 0.05) is 6.07 Å². The number of nitrogens with one attached hydrogen (secondary N) is 1. The topological polar surface area (TPSA) is 37.8 Å². The first-order valence-corrected chi connectivity index (χ1v) is 6.27. The van der Waals surface area contributed by atoms with E-state index in [1.807, 2.05) is 19.1 Å². The average Bonchev–Trinajstić information content (AvgIpc) is 2.70. The molecule has 1 N–H and O–H groups in total. The minimum absolute atomic E-state index is 0.364. The summed E-state index contributed by atoms with van der Waals surface area (Å²) < 4.78 is 14.1. The molecule has 2 aromatic heterocycles. The third-order valence-corrected chi connectivity index (χ3v) is 3.43. The van der Waals surface area contributed by atoms with Crippen molar-refractivity contribution in [1.29, 1.82) is 0 Å². The van der Waals surface area contributed by atoms with Gasteiger partial charge in [-0.2, -0.15) is 0 Å². The Morgan fingerprint density at radius 2 is 2.11 bits per heavy atom. The lowest BCUT2D eigenvalue weighted by Crippen LogP contribution is -1.90. The smallest absolute Gasteiger partial charge is 0.188 e. The Kier molecular flexibility index (Phi) is 2.68. The monoisotopic (exact) mass is 259 g/mol. The van der Waals surface area contributed by atoms with E-state index in [1.165, 1.54) is 29.2 Å². The van der Waals surface area contributed by atoms with Crippen LogP contribution in [-0.4, -0.2) is 9.97 Å². The van der Waals surface area contributed by atoms with Crippen LogP contribution in [0.5, 0.6) is 0 Å². The number of aryl methyl sites for hydroxylation is 1. The normalized spacial score (nSPS) is 10.8. The lowest BCUT2D eigenvalue weighted by molar-refractivity contribution is 0.622. The number of rotatable bonds is 2. The highest BCUT2D eigenvalue weighted by atomic mass is 32.1. The Morgan fingerprint density at radius 1 is 1.22 bits per heavy atom. The number of anilines is 2.